The van der Waals surface area contributed by atoms with Crippen LogP contribution >= 0.6 is 0 Å². The van der Waals surface area contributed by atoms with Gasteiger partial charge in [0.1, 0.15) is 0 Å². The van der Waals surface area contributed by atoms with Crippen LogP contribution in [0.4, 0.5) is 5.69 Å². The fourth-order valence-corrected chi connectivity index (χ4v) is 2.53. The van der Waals surface area contributed by atoms with Crippen molar-refractivity contribution in [2.75, 3.05) is 18.9 Å². The first-order chi connectivity index (χ1) is 10.2. The van der Waals surface area contributed by atoms with Gasteiger partial charge in [-0.1, -0.05) is 31.0 Å². The molecule has 1 fully saturated rings. The monoisotopic (exact) mass is 289 g/mol. The van der Waals surface area contributed by atoms with Crippen molar-refractivity contribution in [1.29, 1.82) is 0 Å². The lowest BCUT2D eigenvalue weighted by atomic mass is 10.1. The molecule has 114 valence electrons. The SMILES string of the molecule is CNC(=O)Cc1ccccc1NC(=O)C1CCCCCN1. The molecular formula is C16H23N3O2. The second-order valence-electron chi connectivity index (χ2n) is 5.35. The van der Waals surface area contributed by atoms with Crippen LogP contribution in [0.2, 0.25) is 0 Å². The van der Waals surface area contributed by atoms with E-state index in [4.69, 9.17) is 0 Å². The lowest BCUT2D eigenvalue weighted by molar-refractivity contribution is -0.120. The van der Waals surface area contributed by atoms with E-state index in [1.165, 1.54) is 6.42 Å². The van der Waals surface area contributed by atoms with Gasteiger partial charge in [-0.05, 0) is 31.0 Å². The standard InChI is InChI=1S/C16H23N3O2/c1-17-15(20)11-12-7-4-5-8-13(12)19-16(21)14-9-3-2-6-10-18-14/h4-5,7-8,14,18H,2-3,6,9-11H2,1H3,(H,17,20)(H,19,21). The number of rotatable bonds is 4. The first kappa shape index (κ1) is 15.5. The average molecular weight is 289 g/mol. The summed E-state index contributed by atoms with van der Waals surface area (Å²) in [6.45, 7) is 0.887. The van der Waals surface area contributed by atoms with Crippen LogP contribution in [0.3, 0.4) is 0 Å². The first-order valence-corrected chi connectivity index (χ1v) is 7.53. The molecule has 2 rings (SSSR count). The second kappa shape index (κ2) is 7.78. The number of hydrogen-bond donors (Lipinski definition) is 3. The Kier molecular flexibility index (Phi) is 5.75. The smallest absolute Gasteiger partial charge is 0.241 e. The van der Waals surface area contributed by atoms with Crippen molar-refractivity contribution in [3.63, 3.8) is 0 Å². The summed E-state index contributed by atoms with van der Waals surface area (Å²) in [6.07, 6.45) is 4.50. The maximum absolute atomic E-state index is 12.4. The van der Waals surface area contributed by atoms with Gasteiger partial charge in [-0.15, -0.1) is 0 Å². The number of likely N-dealkylation sites (N-methyl/N-ethyl adjacent to an activating group) is 1. The lowest BCUT2D eigenvalue weighted by Gasteiger charge is -2.17. The number of anilines is 1. The molecule has 1 aromatic carbocycles. The average Bonchev–Trinajstić information content (AvgIpc) is 2.78. The van der Waals surface area contributed by atoms with Gasteiger partial charge in [0.2, 0.25) is 11.8 Å². The molecule has 0 bridgehead atoms. The molecule has 1 unspecified atom stereocenters. The fourth-order valence-electron chi connectivity index (χ4n) is 2.53. The Hall–Kier alpha value is -1.88. The van der Waals surface area contributed by atoms with Gasteiger partial charge in [0, 0.05) is 12.7 Å². The van der Waals surface area contributed by atoms with E-state index < -0.39 is 0 Å². The fraction of sp³-hybridized carbons (Fsp3) is 0.500. The predicted molar refractivity (Wildman–Crippen MR) is 83.1 cm³/mol. The zero-order chi connectivity index (χ0) is 15.1. The number of amides is 2. The topological polar surface area (TPSA) is 70.2 Å². The summed E-state index contributed by atoms with van der Waals surface area (Å²) in [5, 5.41) is 8.84. The van der Waals surface area contributed by atoms with Crippen LogP contribution in [0.5, 0.6) is 0 Å². The van der Waals surface area contributed by atoms with Gasteiger partial charge in [-0.2, -0.15) is 0 Å². The first-order valence-electron chi connectivity index (χ1n) is 7.53. The minimum Gasteiger partial charge on any atom is -0.359 e. The highest BCUT2D eigenvalue weighted by molar-refractivity contribution is 5.96. The minimum atomic E-state index is -0.138. The Balaban J connectivity index is 2.04. The van der Waals surface area contributed by atoms with Crippen LogP contribution in [0.25, 0.3) is 0 Å². The molecule has 1 aromatic rings. The third kappa shape index (κ3) is 4.56. The Labute approximate surface area is 125 Å². The Morgan fingerprint density at radius 3 is 2.86 bits per heavy atom. The van der Waals surface area contributed by atoms with Crippen LogP contribution in [-0.4, -0.2) is 31.4 Å². The van der Waals surface area contributed by atoms with Gasteiger partial charge in [0.05, 0.1) is 12.5 Å². The highest BCUT2D eigenvalue weighted by atomic mass is 16.2. The number of hydrogen-bond acceptors (Lipinski definition) is 3. The highest BCUT2D eigenvalue weighted by Gasteiger charge is 2.20. The summed E-state index contributed by atoms with van der Waals surface area (Å²) in [4.78, 5) is 23.9. The number of para-hydroxylation sites is 1. The molecule has 0 spiro atoms. The van der Waals surface area contributed by atoms with E-state index in [1.807, 2.05) is 24.3 Å². The molecular weight excluding hydrogens is 266 g/mol. The molecule has 5 heteroatoms. The van der Waals surface area contributed by atoms with Crippen molar-refractivity contribution in [1.82, 2.24) is 10.6 Å². The molecule has 0 aromatic heterocycles. The zero-order valence-electron chi connectivity index (χ0n) is 12.4. The van der Waals surface area contributed by atoms with E-state index >= 15 is 0 Å². The maximum atomic E-state index is 12.4. The summed E-state index contributed by atoms with van der Waals surface area (Å²) < 4.78 is 0. The largest absolute Gasteiger partial charge is 0.359 e. The van der Waals surface area contributed by atoms with Gasteiger partial charge in [0.15, 0.2) is 0 Å². The Morgan fingerprint density at radius 1 is 1.24 bits per heavy atom. The molecule has 0 saturated carbocycles. The van der Waals surface area contributed by atoms with E-state index in [2.05, 4.69) is 16.0 Å². The molecule has 1 aliphatic rings. The van der Waals surface area contributed by atoms with Crippen LogP contribution in [-0.2, 0) is 16.0 Å². The predicted octanol–water partition coefficient (Wildman–Crippen LogP) is 1.45. The second-order valence-corrected chi connectivity index (χ2v) is 5.35. The Bertz CT molecular complexity index is 494. The Morgan fingerprint density at radius 2 is 2.05 bits per heavy atom. The van der Waals surface area contributed by atoms with Gasteiger partial charge >= 0.3 is 0 Å². The van der Waals surface area contributed by atoms with Gasteiger partial charge < -0.3 is 16.0 Å². The minimum absolute atomic E-state index is 0.0127. The summed E-state index contributed by atoms with van der Waals surface area (Å²) in [5.74, 6) is -0.0782. The van der Waals surface area contributed by atoms with E-state index in [0.29, 0.717) is 0 Å². The molecule has 3 N–H and O–H groups in total. The van der Waals surface area contributed by atoms with E-state index in [1.54, 1.807) is 7.05 Å². The zero-order valence-corrected chi connectivity index (χ0v) is 12.4. The third-order valence-corrected chi connectivity index (χ3v) is 3.78. The number of nitrogens with one attached hydrogen (secondary N) is 3. The van der Waals surface area contributed by atoms with Crippen molar-refractivity contribution < 1.29 is 9.59 Å². The number of carbonyl (C=O) groups excluding carboxylic acids is 2. The van der Waals surface area contributed by atoms with Gasteiger partial charge in [-0.25, -0.2) is 0 Å². The van der Waals surface area contributed by atoms with Crippen LogP contribution in [0, 0.1) is 0 Å². The van der Waals surface area contributed by atoms with Crippen molar-refractivity contribution in [3.05, 3.63) is 29.8 Å². The quantitative estimate of drug-likeness (QED) is 0.785. The van der Waals surface area contributed by atoms with Crippen molar-refractivity contribution in [2.45, 2.75) is 38.1 Å². The van der Waals surface area contributed by atoms with Gasteiger partial charge in [0.25, 0.3) is 0 Å². The third-order valence-electron chi connectivity index (χ3n) is 3.78. The maximum Gasteiger partial charge on any atom is 0.241 e. The van der Waals surface area contributed by atoms with Gasteiger partial charge in [-0.3, -0.25) is 9.59 Å². The van der Waals surface area contributed by atoms with Crippen LogP contribution in [0.15, 0.2) is 24.3 Å². The molecule has 1 atom stereocenters. The lowest BCUT2D eigenvalue weighted by Crippen LogP contribution is -2.40. The number of benzene rings is 1. The summed E-state index contributed by atoms with van der Waals surface area (Å²) >= 11 is 0. The van der Waals surface area contributed by atoms with Crippen molar-refractivity contribution in [2.24, 2.45) is 0 Å². The molecule has 1 aliphatic heterocycles. The number of carbonyl (C=O) groups is 2. The normalized spacial score (nSPS) is 18.6. The summed E-state index contributed by atoms with van der Waals surface area (Å²) in [7, 11) is 1.61. The van der Waals surface area contributed by atoms with Crippen LogP contribution in [0.1, 0.15) is 31.2 Å². The van der Waals surface area contributed by atoms with E-state index in [-0.39, 0.29) is 24.3 Å². The molecule has 2 amide bonds. The van der Waals surface area contributed by atoms with Crippen molar-refractivity contribution >= 4 is 17.5 Å². The molecule has 0 aliphatic carbocycles. The van der Waals surface area contributed by atoms with Crippen molar-refractivity contribution in [3.8, 4) is 0 Å². The molecule has 5 nitrogen and oxygen atoms in total. The summed E-state index contributed by atoms with van der Waals surface area (Å²) in [5.41, 5.74) is 1.55. The molecule has 21 heavy (non-hydrogen) atoms. The van der Waals surface area contributed by atoms with E-state index in [9.17, 15) is 9.59 Å². The molecule has 1 saturated heterocycles. The molecule has 1 heterocycles. The van der Waals surface area contributed by atoms with E-state index in [0.717, 1.165) is 37.1 Å². The highest BCUT2D eigenvalue weighted by Crippen LogP contribution is 2.17. The molecule has 0 radical (unpaired) electrons. The van der Waals surface area contributed by atoms with Crippen LogP contribution < -0.4 is 16.0 Å². The summed E-state index contributed by atoms with van der Waals surface area (Å²) in [6, 6.07) is 7.31.